The van der Waals surface area contributed by atoms with Crippen molar-refractivity contribution in [1.29, 1.82) is 0 Å². The molecule has 0 unspecified atom stereocenters. The van der Waals surface area contributed by atoms with Crippen LogP contribution in [0.15, 0.2) is 48.5 Å². The molecule has 0 saturated heterocycles. The minimum atomic E-state index is -0.314. The summed E-state index contributed by atoms with van der Waals surface area (Å²) in [6, 6.07) is 14.7. The smallest absolute Gasteiger partial charge is 0.344 e. The Bertz CT molecular complexity index is 642. The highest BCUT2D eigenvalue weighted by Crippen LogP contribution is 2.34. The SMILES string of the molecule is O=C1Oc2ccccc2/C1=C\c1ccc(Cl)cc1. The molecule has 0 aromatic heterocycles. The monoisotopic (exact) mass is 256 g/mol. The molecule has 1 aliphatic heterocycles. The number of hydrogen-bond acceptors (Lipinski definition) is 2. The third-order valence-corrected chi connectivity index (χ3v) is 3.03. The number of carbonyl (C=O) groups excluding carboxylic acids is 1. The van der Waals surface area contributed by atoms with Crippen molar-refractivity contribution in [3.8, 4) is 5.75 Å². The van der Waals surface area contributed by atoms with Crippen molar-refractivity contribution in [2.24, 2.45) is 0 Å². The number of esters is 1. The first-order chi connectivity index (χ1) is 8.74. The van der Waals surface area contributed by atoms with Crippen molar-refractivity contribution >= 4 is 29.2 Å². The third kappa shape index (κ3) is 1.91. The molecule has 0 atom stereocenters. The molecule has 0 N–H and O–H groups in total. The van der Waals surface area contributed by atoms with E-state index in [0.717, 1.165) is 11.1 Å². The highest BCUT2D eigenvalue weighted by atomic mass is 35.5. The first-order valence-electron chi connectivity index (χ1n) is 5.53. The van der Waals surface area contributed by atoms with Gasteiger partial charge in [-0.3, -0.25) is 0 Å². The second-order valence-electron chi connectivity index (χ2n) is 4.00. The normalized spacial score (nSPS) is 15.6. The standard InChI is InChI=1S/C15H9ClO2/c16-11-7-5-10(6-8-11)9-13-12-3-1-2-4-14(12)18-15(13)17/h1-9H/b13-9+. The summed E-state index contributed by atoms with van der Waals surface area (Å²) in [6.45, 7) is 0. The Morgan fingerprint density at radius 3 is 2.50 bits per heavy atom. The van der Waals surface area contributed by atoms with E-state index in [1.807, 2.05) is 36.4 Å². The molecule has 2 aromatic rings. The second-order valence-corrected chi connectivity index (χ2v) is 4.43. The number of halogens is 1. The summed E-state index contributed by atoms with van der Waals surface area (Å²) in [6.07, 6.45) is 1.81. The maximum Gasteiger partial charge on any atom is 0.344 e. The Morgan fingerprint density at radius 1 is 1.00 bits per heavy atom. The third-order valence-electron chi connectivity index (χ3n) is 2.78. The number of fused-ring (bicyclic) bond motifs is 1. The fourth-order valence-electron chi connectivity index (χ4n) is 1.91. The van der Waals surface area contributed by atoms with Crippen LogP contribution in [0.5, 0.6) is 5.75 Å². The summed E-state index contributed by atoms with van der Waals surface area (Å²) < 4.78 is 5.18. The van der Waals surface area contributed by atoms with Crippen molar-refractivity contribution in [2.45, 2.75) is 0 Å². The van der Waals surface area contributed by atoms with E-state index in [1.165, 1.54) is 0 Å². The van der Waals surface area contributed by atoms with Gasteiger partial charge in [0.25, 0.3) is 0 Å². The van der Waals surface area contributed by atoms with Gasteiger partial charge in [-0.2, -0.15) is 0 Å². The van der Waals surface area contributed by atoms with E-state index in [1.54, 1.807) is 18.2 Å². The first-order valence-corrected chi connectivity index (χ1v) is 5.91. The van der Waals surface area contributed by atoms with E-state index in [2.05, 4.69) is 0 Å². The number of ether oxygens (including phenoxy) is 1. The van der Waals surface area contributed by atoms with Crippen LogP contribution >= 0.6 is 11.6 Å². The van der Waals surface area contributed by atoms with E-state index in [0.29, 0.717) is 16.3 Å². The average molecular weight is 257 g/mol. The predicted molar refractivity (Wildman–Crippen MR) is 71.4 cm³/mol. The van der Waals surface area contributed by atoms with Crippen LogP contribution in [-0.4, -0.2) is 5.97 Å². The van der Waals surface area contributed by atoms with E-state index in [9.17, 15) is 4.79 Å². The Kier molecular flexibility index (Phi) is 2.65. The van der Waals surface area contributed by atoms with Gasteiger partial charge < -0.3 is 4.74 Å². The van der Waals surface area contributed by atoms with Gasteiger partial charge in [0.2, 0.25) is 0 Å². The zero-order valence-corrected chi connectivity index (χ0v) is 10.1. The molecule has 0 spiro atoms. The molecule has 1 heterocycles. The molecule has 18 heavy (non-hydrogen) atoms. The Morgan fingerprint density at radius 2 is 1.72 bits per heavy atom. The lowest BCUT2D eigenvalue weighted by Gasteiger charge is -1.97. The van der Waals surface area contributed by atoms with Crippen LogP contribution < -0.4 is 4.74 Å². The molecule has 2 nitrogen and oxygen atoms in total. The number of benzene rings is 2. The second kappa shape index (κ2) is 4.31. The summed E-state index contributed by atoms with van der Waals surface area (Å²) in [7, 11) is 0. The maximum atomic E-state index is 11.8. The van der Waals surface area contributed by atoms with Gasteiger partial charge in [0.05, 0.1) is 5.57 Å². The number of rotatable bonds is 1. The van der Waals surface area contributed by atoms with E-state index in [4.69, 9.17) is 16.3 Å². The topological polar surface area (TPSA) is 26.3 Å². The summed E-state index contributed by atoms with van der Waals surface area (Å²) >= 11 is 5.83. The molecular formula is C15H9ClO2. The molecule has 2 aromatic carbocycles. The Labute approximate surface area is 109 Å². The molecule has 3 heteroatoms. The van der Waals surface area contributed by atoms with E-state index >= 15 is 0 Å². The largest absolute Gasteiger partial charge is 0.422 e. The van der Waals surface area contributed by atoms with Gasteiger partial charge in [-0.1, -0.05) is 41.9 Å². The molecule has 0 radical (unpaired) electrons. The van der Waals surface area contributed by atoms with Crippen molar-refractivity contribution in [1.82, 2.24) is 0 Å². The minimum absolute atomic E-state index is 0.314. The maximum absolute atomic E-state index is 11.8. The van der Waals surface area contributed by atoms with Crippen LogP contribution in [-0.2, 0) is 4.79 Å². The van der Waals surface area contributed by atoms with Gasteiger partial charge in [-0.05, 0) is 29.8 Å². The highest BCUT2D eigenvalue weighted by Gasteiger charge is 2.25. The van der Waals surface area contributed by atoms with Gasteiger partial charge in [-0.15, -0.1) is 0 Å². The minimum Gasteiger partial charge on any atom is -0.422 e. The molecule has 88 valence electrons. The van der Waals surface area contributed by atoms with Crippen LogP contribution in [0.4, 0.5) is 0 Å². The van der Waals surface area contributed by atoms with E-state index in [-0.39, 0.29) is 5.97 Å². The number of hydrogen-bond donors (Lipinski definition) is 0. The summed E-state index contributed by atoms with van der Waals surface area (Å²) in [5, 5.41) is 0.673. The molecule has 0 amide bonds. The fourth-order valence-corrected chi connectivity index (χ4v) is 2.03. The van der Waals surface area contributed by atoms with Gasteiger partial charge in [0, 0.05) is 10.6 Å². The van der Waals surface area contributed by atoms with Crippen LogP contribution in [0.3, 0.4) is 0 Å². The molecule has 0 fully saturated rings. The summed E-state index contributed by atoms with van der Waals surface area (Å²) in [5.41, 5.74) is 2.33. The molecule has 1 aliphatic rings. The van der Waals surface area contributed by atoms with Crippen LogP contribution in [0.25, 0.3) is 11.6 Å². The van der Waals surface area contributed by atoms with Gasteiger partial charge in [0.1, 0.15) is 5.75 Å². The Hall–Kier alpha value is -2.06. The van der Waals surface area contributed by atoms with Crippen LogP contribution in [0.2, 0.25) is 5.02 Å². The van der Waals surface area contributed by atoms with Gasteiger partial charge in [-0.25, -0.2) is 4.79 Å². The molecule has 3 rings (SSSR count). The van der Waals surface area contributed by atoms with E-state index < -0.39 is 0 Å². The average Bonchev–Trinajstić information content (AvgIpc) is 2.69. The molecule has 0 aliphatic carbocycles. The van der Waals surface area contributed by atoms with Crippen molar-refractivity contribution in [3.05, 3.63) is 64.7 Å². The highest BCUT2D eigenvalue weighted by molar-refractivity contribution is 6.30. The summed E-state index contributed by atoms with van der Waals surface area (Å²) in [5.74, 6) is 0.300. The molecular weight excluding hydrogens is 248 g/mol. The number of para-hydroxylation sites is 1. The molecule has 0 bridgehead atoms. The predicted octanol–water partition coefficient (Wildman–Crippen LogP) is 3.80. The fraction of sp³-hybridized carbons (Fsp3) is 0. The van der Waals surface area contributed by atoms with Crippen molar-refractivity contribution in [3.63, 3.8) is 0 Å². The zero-order valence-electron chi connectivity index (χ0n) is 9.39. The molecule has 0 saturated carbocycles. The zero-order chi connectivity index (χ0) is 12.5. The lowest BCUT2D eigenvalue weighted by molar-refractivity contribution is -0.126. The van der Waals surface area contributed by atoms with Crippen molar-refractivity contribution in [2.75, 3.05) is 0 Å². The lowest BCUT2D eigenvalue weighted by atomic mass is 10.0. The first kappa shape index (κ1) is 11.1. The van der Waals surface area contributed by atoms with Gasteiger partial charge >= 0.3 is 5.97 Å². The summed E-state index contributed by atoms with van der Waals surface area (Å²) in [4.78, 5) is 11.8. The Balaban J connectivity index is 2.07. The van der Waals surface area contributed by atoms with Crippen LogP contribution in [0.1, 0.15) is 11.1 Å². The van der Waals surface area contributed by atoms with Crippen molar-refractivity contribution < 1.29 is 9.53 Å². The van der Waals surface area contributed by atoms with Gasteiger partial charge in [0.15, 0.2) is 0 Å². The quantitative estimate of drug-likeness (QED) is 0.441. The van der Waals surface area contributed by atoms with Crippen LogP contribution in [0, 0.1) is 0 Å². The number of carbonyl (C=O) groups is 1. The lowest BCUT2D eigenvalue weighted by Crippen LogP contribution is -2.00.